The van der Waals surface area contributed by atoms with Gasteiger partial charge in [0.25, 0.3) is 0 Å². The molecule has 120 valence electrons. The SMILES string of the molecule is CCCNC(CC)c1ccn(CC(=O)NC(C)C(C)C)c1. The minimum Gasteiger partial charge on any atom is -0.352 e. The summed E-state index contributed by atoms with van der Waals surface area (Å²) in [5.74, 6) is 0.532. The van der Waals surface area contributed by atoms with E-state index in [1.54, 1.807) is 0 Å². The monoisotopic (exact) mass is 293 g/mol. The van der Waals surface area contributed by atoms with Gasteiger partial charge in [-0.05, 0) is 43.9 Å². The lowest BCUT2D eigenvalue weighted by atomic mass is 10.1. The van der Waals surface area contributed by atoms with Gasteiger partial charge in [-0.1, -0.05) is 27.7 Å². The zero-order valence-corrected chi connectivity index (χ0v) is 14.1. The lowest BCUT2D eigenvalue weighted by Crippen LogP contribution is -2.37. The number of hydrogen-bond donors (Lipinski definition) is 2. The van der Waals surface area contributed by atoms with E-state index in [9.17, 15) is 4.79 Å². The molecule has 1 amide bonds. The van der Waals surface area contributed by atoms with E-state index in [1.807, 2.05) is 17.7 Å². The molecule has 4 nitrogen and oxygen atoms in total. The van der Waals surface area contributed by atoms with Gasteiger partial charge in [0.05, 0.1) is 0 Å². The van der Waals surface area contributed by atoms with Crippen molar-refractivity contribution >= 4 is 5.91 Å². The van der Waals surface area contributed by atoms with Crippen LogP contribution < -0.4 is 10.6 Å². The van der Waals surface area contributed by atoms with Gasteiger partial charge in [0, 0.05) is 24.5 Å². The molecule has 0 saturated heterocycles. The van der Waals surface area contributed by atoms with Gasteiger partial charge in [-0.15, -0.1) is 0 Å². The van der Waals surface area contributed by atoms with E-state index in [1.165, 1.54) is 5.56 Å². The van der Waals surface area contributed by atoms with Crippen LogP contribution in [0.3, 0.4) is 0 Å². The number of amides is 1. The molecule has 0 saturated carbocycles. The van der Waals surface area contributed by atoms with Gasteiger partial charge in [0.2, 0.25) is 5.91 Å². The number of carbonyl (C=O) groups is 1. The molecule has 1 heterocycles. The summed E-state index contributed by atoms with van der Waals surface area (Å²) in [5, 5.41) is 6.57. The van der Waals surface area contributed by atoms with E-state index in [2.05, 4.69) is 50.6 Å². The van der Waals surface area contributed by atoms with Crippen molar-refractivity contribution in [1.29, 1.82) is 0 Å². The first-order chi connectivity index (χ1) is 9.97. The second-order valence-electron chi connectivity index (χ2n) is 6.13. The van der Waals surface area contributed by atoms with Crippen LogP contribution in [0.25, 0.3) is 0 Å². The first kappa shape index (κ1) is 17.8. The molecule has 0 bridgehead atoms. The molecule has 2 N–H and O–H groups in total. The summed E-state index contributed by atoms with van der Waals surface area (Å²) in [6, 6.07) is 2.70. The van der Waals surface area contributed by atoms with Crippen LogP contribution in [-0.4, -0.2) is 23.1 Å². The standard InChI is InChI=1S/C17H31N3O/c1-6-9-18-16(7-2)15-8-10-20(11-15)12-17(21)19-14(5)13(3)4/h8,10-11,13-14,16,18H,6-7,9,12H2,1-5H3,(H,19,21). The Balaban J connectivity index is 2.56. The predicted octanol–water partition coefficient (Wildman–Crippen LogP) is 3.10. The van der Waals surface area contributed by atoms with Crippen molar-refractivity contribution in [2.45, 2.75) is 66.1 Å². The Kier molecular flexibility index (Phi) is 7.51. The lowest BCUT2D eigenvalue weighted by molar-refractivity contribution is -0.122. The van der Waals surface area contributed by atoms with Crippen molar-refractivity contribution in [1.82, 2.24) is 15.2 Å². The molecule has 1 aromatic rings. The average molecular weight is 293 g/mol. The Morgan fingerprint density at radius 3 is 2.57 bits per heavy atom. The van der Waals surface area contributed by atoms with Gasteiger partial charge in [0.15, 0.2) is 0 Å². The molecule has 0 aliphatic heterocycles. The first-order valence-corrected chi connectivity index (χ1v) is 8.16. The van der Waals surface area contributed by atoms with E-state index < -0.39 is 0 Å². The summed E-state index contributed by atoms with van der Waals surface area (Å²) in [6.45, 7) is 12.0. The Morgan fingerprint density at radius 2 is 2.00 bits per heavy atom. The minimum atomic E-state index is 0.0768. The molecule has 0 spiro atoms. The van der Waals surface area contributed by atoms with Crippen LogP contribution in [0, 0.1) is 5.92 Å². The van der Waals surface area contributed by atoms with Crippen molar-refractivity contribution < 1.29 is 4.79 Å². The normalized spacial score (nSPS) is 14.2. The van der Waals surface area contributed by atoms with Gasteiger partial charge in [0.1, 0.15) is 6.54 Å². The number of rotatable bonds is 9. The molecular formula is C17H31N3O. The quantitative estimate of drug-likeness (QED) is 0.735. The van der Waals surface area contributed by atoms with Crippen LogP contribution in [0.15, 0.2) is 18.5 Å². The number of carbonyl (C=O) groups excluding carboxylic acids is 1. The molecule has 0 aliphatic carbocycles. The Hall–Kier alpha value is -1.29. The second-order valence-corrected chi connectivity index (χ2v) is 6.13. The second kappa shape index (κ2) is 8.88. The molecule has 0 aliphatic rings. The summed E-state index contributed by atoms with van der Waals surface area (Å²) >= 11 is 0. The average Bonchev–Trinajstić information content (AvgIpc) is 2.87. The van der Waals surface area contributed by atoms with Gasteiger partial charge >= 0.3 is 0 Å². The highest BCUT2D eigenvalue weighted by Crippen LogP contribution is 2.16. The third kappa shape index (κ3) is 5.92. The minimum absolute atomic E-state index is 0.0768. The van der Waals surface area contributed by atoms with Crippen LogP contribution >= 0.6 is 0 Å². The summed E-state index contributed by atoms with van der Waals surface area (Å²) in [6.07, 6.45) is 6.26. The molecule has 21 heavy (non-hydrogen) atoms. The van der Waals surface area contributed by atoms with Crippen molar-refractivity contribution in [3.05, 3.63) is 24.0 Å². The van der Waals surface area contributed by atoms with E-state index in [0.29, 0.717) is 18.5 Å². The number of aromatic nitrogens is 1. The number of hydrogen-bond acceptors (Lipinski definition) is 2. The maximum Gasteiger partial charge on any atom is 0.240 e. The molecule has 2 unspecified atom stereocenters. The van der Waals surface area contributed by atoms with Crippen LogP contribution in [0.2, 0.25) is 0 Å². The highest BCUT2D eigenvalue weighted by Gasteiger charge is 2.13. The Labute approximate surface area is 129 Å². The summed E-state index contributed by atoms with van der Waals surface area (Å²) in [5.41, 5.74) is 1.26. The van der Waals surface area contributed by atoms with Crippen LogP contribution in [-0.2, 0) is 11.3 Å². The zero-order valence-electron chi connectivity index (χ0n) is 14.1. The van der Waals surface area contributed by atoms with Crippen molar-refractivity contribution in [2.75, 3.05) is 6.54 Å². The number of nitrogens with zero attached hydrogens (tertiary/aromatic N) is 1. The predicted molar refractivity (Wildman–Crippen MR) is 88.2 cm³/mol. The molecule has 0 radical (unpaired) electrons. The lowest BCUT2D eigenvalue weighted by Gasteiger charge is -2.17. The van der Waals surface area contributed by atoms with Crippen molar-refractivity contribution in [3.63, 3.8) is 0 Å². The summed E-state index contributed by atoms with van der Waals surface area (Å²) in [4.78, 5) is 12.0. The van der Waals surface area contributed by atoms with Crippen molar-refractivity contribution in [2.24, 2.45) is 5.92 Å². The fourth-order valence-corrected chi connectivity index (χ4v) is 2.21. The largest absolute Gasteiger partial charge is 0.352 e. The number of nitrogens with one attached hydrogen (secondary N) is 2. The molecule has 0 fully saturated rings. The van der Waals surface area contributed by atoms with Gasteiger partial charge in [-0.2, -0.15) is 0 Å². The molecule has 1 rings (SSSR count). The molecule has 4 heteroatoms. The van der Waals surface area contributed by atoms with E-state index in [4.69, 9.17) is 0 Å². The third-order valence-corrected chi connectivity index (χ3v) is 3.94. The highest BCUT2D eigenvalue weighted by molar-refractivity contribution is 5.76. The van der Waals surface area contributed by atoms with Crippen molar-refractivity contribution in [3.8, 4) is 0 Å². The first-order valence-electron chi connectivity index (χ1n) is 8.16. The topological polar surface area (TPSA) is 46.1 Å². The van der Waals surface area contributed by atoms with E-state index in [-0.39, 0.29) is 11.9 Å². The summed E-state index contributed by atoms with van der Waals surface area (Å²) < 4.78 is 1.97. The fourth-order valence-electron chi connectivity index (χ4n) is 2.21. The highest BCUT2D eigenvalue weighted by atomic mass is 16.2. The van der Waals surface area contributed by atoms with E-state index >= 15 is 0 Å². The molecule has 2 atom stereocenters. The van der Waals surface area contributed by atoms with Gasteiger partial charge < -0.3 is 15.2 Å². The van der Waals surface area contributed by atoms with Crippen LogP contribution in [0.4, 0.5) is 0 Å². The Morgan fingerprint density at radius 1 is 1.29 bits per heavy atom. The third-order valence-electron chi connectivity index (χ3n) is 3.94. The maximum atomic E-state index is 12.0. The Bertz CT molecular complexity index is 425. The van der Waals surface area contributed by atoms with E-state index in [0.717, 1.165) is 19.4 Å². The van der Waals surface area contributed by atoms with Crippen LogP contribution in [0.1, 0.15) is 59.1 Å². The van der Waals surface area contributed by atoms with Gasteiger partial charge in [-0.3, -0.25) is 4.79 Å². The summed E-state index contributed by atoms with van der Waals surface area (Å²) in [7, 11) is 0. The zero-order chi connectivity index (χ0) is 15.8. The van der Waals surface area contributed by atoms with Gasteiger partial charge in [-0.25, -0.2) is 0 Å². The molecule has 0 aromatic carbocycles. The maximum absolute atomic E-state index is 12.0. The van der Waals surface area contributed by atoms with Crippen LogP contribution in [0.5, 0.6) is 0 Å². The smallest absolute Gasteiger partial charge is 0.240 e. The molecule has 1 aromatic heterocycles. The fraction of sp³-hybridized carbons (Fsp3) is 0.706. The molecular weight excluding hydrogens is 262 g/mol.